The maximum atomic E-state index is 10.2. The third-order valence-electron chi connectivity index (χ3n) is 2.93. The lowest BCUT2D eigenvalue weighted by Crippen LogP contribution is -2.02. The van der Waals surface area contributed by atoms with E-state index in [1.165, 1.54) is 5.56 Å². The molecule has 0 saturated heterocycles. The zero-order chi connectivity index (χ0) is 12.4. The molecule has 1 aromatic heterocycles. The fraction of sp³-hybridized carbons (Fsp3) is 0.357. The Morgan fingerprint density at radius 3 is 2.12 bits per heavy atom. The van der Waals surface area contributed by atoms with Crippen molar-refractivity contribution in [3.63, 3.8) is 0 Å². The Morgan fingerprint density at radius 1 is 1.06 bits per heavy atom. The maximum Gasteiger partial charge on any atom is 0.123 e. The first-order valence-corrected chi connectivity index (χ1v) is 5.85. The van der Waals surface area contributed by atoms with Gasteiger partial charge in [0.05, 0.1) is 5.69 Å². The number of hydrogen-bond donors (Lipinski definition) is 1. The third kappa shape index (κ3) is 2.56. The summed E-state index contributed by atoms with van der Waals surface area (Å²) in [6.07, 6.45) is 1.19. The summed E-state index contributed by atoms with van der Waals surface area (Å²) < 4.78 is 1.70. The summed E-state index contributed by atoms with van der Waals surface area (Å²) in [6, 6.07) is 9.89. The molecule has 90 valence electrons. The highest BCUT2D eigenvalue weighted by molar-refractivity contribution is 5.29. The van der Waals surface area contributed by atoms with Crippen molar-refractivity contribution in [3.8, 4) is 0 Å². The van der Waals surface area contributed by atoms with E-state index in [9.17, 15) is 5.11 Å². The number of aliphatic hydroxyl groups is 1. The van der Waals surface area contributed by atoms with Crippen LogP contribution in [0.3, 0.4) is 0 Å². The topological polar surface area (TPSA) is 38.0 Å². The van der Waals surface area contributed by atoms with Crippen molar-refractivity contribution in [1.82, 2.24) is 9.78 Å². The van der Waals surface area contributed by atoms with Gasteiger partial charge in [0.25, 0.3) is 0 Å². The Hall–Kier alpha value is -1.61. The molecule has 1 atom stereocenters. The second-order valence-corrected chi connectivity index (χ2v) is 4.64. The number of aliphatic hydroxyl groups excluding tert-OH is 1. The van der Waals surface area contributed by atoms with Crippen molar-refractivity contribution >= 4 is 0 Å². The summed E-state index contributed by atoms with van der Waals surface area (Å²) in [5.41, 5.74) is 2.85. The zero-order valence-corrected chi connectivity index (χ0v) is 10.5. The first-order chi connectivity index (χ1) is 8.08. The van der Waals surface area contributed by atoms with Crippen LogP contribution in [-0.4, -0.2) is 14.9 Å². The van der Waals surface area contributed by atoms with Crippen molar-refractivity contribution < 1.29 is 5.11 Å². The molecule has 0 aliphatic heterocycles. The van der Waals surface area contributed by atoms with Gasteiger partial charge in [-0.15, -0.1) is 0 Å². The lowest BCUT2D eigenvalue weighted by Gasteiger charge is -2.10. The Bertz CT molecular complexity index is 485. The standard InChI is InChI=1S/C14H18N2O/c1-10(2)11-4-6-12(7-5-11)14(17)13-8-9-16(3)15-13/h4-10,14,17H,1-3H3. The fourth-order valence-electron chi connectivity index (χ4n) is 1.81. The van der Waals surface area contributed by atoms with Crippen molar-refractivity contribution in [3.05, 3.63) is 53.3 Å². The smallest absolute Gasteiger partial charge is 0.123 e. The van der Waals surface area contributed by atoms with Gasteiger partial charge in [0, 0.05) is 13.2 Å². The number of aromatic nitrogens is 2. The Balaban J connectivity index is 2.22. The van der Waals surface area contributed by atoms with Gasteiger partial charge in [0.2, 0.25) is 0 Å². The third-order valence-corrected chi connectivity index (χ3v) is 2.93. The lowest BCUT2D eigenvalue weighted by molar-refractivity contribution is 0.214. The van der Waals surface area contributed by atoms with Crippen molar-refractivity contribution in [2.24, 2.45) is 7.05 Å². The van der Waals surface area contributed by atoms with Crippen LogP contribution >= 0.6 is 0 Å². The Kier molecular flexibility index (Phi) is 3.29. The molecular weight excluding hydrogens is 212 g/mol. The highest BCUT2D eigenvalue weighted by Gasteiger charge is 2.13. The second-order valence-electron chi connectivity index (χ2n) is 4.64. The van der Waals surface area contributed by atoms with Gasteiger partial charge in [-0.25, -0.2) is 0 Å². The van der Waals surface area contributed by atoms with Gasteiger partial charge in [0.15, 0.2) is 0 Å². The normalized spacial score (nSPS) is 13.0. The molecule has 1 heterocycles. The molecule has 0 spiro atoms. The summed E-state index contributed by atoms with van der Waals surface area (Å²) in [4.78, 5) is 0. The van der Waals surface area contributed by atoms with Gasteiger partial charge in [-0.05, 0) is 23.1 Å². The Labute approximate surface area is 102 Å². The predicted octanol–water partition coefficient (Wildman–Crippen LogP) is 2.63. The average molecular weight is 230 g/mol. The first-order valence-electron chi connectivity index (χ1n) is 5.85. The Morgan fingerprint density at radius 2 is 1.65 bits per heavy atom. The van der Waals surface area contributed by atoms with Crippen LogP contribution in [-0.2, 0) is 7.05 Å². The van der Waals surface area contributed by atoms with Gasteiger partial charge in [0.1, 0.15) is 6.10 Å². The summed E-state index contributed by atoms with van der Waals surface area (Å²) in [5, 5.41) is 14.4. The first kappa shape index (κ1) is 11.9. The molecule has 2 aromatic rings. The van der Waals surface area contributed by atoms with Gasteiger partial charge in [-0.2, -0.15) is 5.10 Å². The number of aryl methyl sites for hydroxylation is 1. The minimum absolute atomic E-state index is 0.510. The molecule has 1 aromatic carbocycles. The minimum atomic E-state index is -0.641. The number of rotatable bonds is 3. The predicted molar refractivity (Wildman–Crippen MR) is 67.8 cm³/mol. The molecular formula is C14H18N2O. The van der Waals surface area contributed by atoms with E-state index in [4.69, 9.17) is 0 Å². The minimum Gasteiger partial charge on any atom is -0.382 e. The summed E-state index contributed by atoms with van der Waals surface area (Å²) in [5.74, 6) is 0.510. The van der Waals surface area contributed by atoms with E-state index >= 15 is 0 Å². The molecule has 1 unspecified atom stereocenters. The van der Waals surface area contributed by atoms with Gasteiger partial charge in [-0.1, -0.05) is 38.1 Å². The van der Waals surface area contributed by atoms with Crippen molar-refractivity contribution in [2.75, 3.05) is 0 Å². The van der Waals surface area contributed by atoms with Crippen LogP contribution in [0.2, 0.25) is 0 Å². The lowest BCUT2D eigenvalue weighted by atomic mass is 9.99. The molecule has 0 radical (unpaired) electrons. The molecule has 17 heavy (non-hydrogen) atoms. The molecule has 0 aliphatic rings. The number of hydrogen-bond acceptors (Lipinski definition) is 2. The number of benzene rings is 1. The summed E-state index contributed by atoms with van der Waals surface area (Å²) in [7, 11) is 1.85. The van der Waals surface area contributed by atoms with Crippen LogP contribution in [0.4, 0.5) is 0 Å². The van der Waals surface area contributed by atoms with E-state index in [0.29, 0.717) is 11.6 Å². The van der Waals surface area contributed by atoms with Gasteiger partial charge >= 0.3 is 0 Å². The molecule has 0 bridgehead atoms. The van der Waals surface area contributed by atoms with Crippen LogP contribution in [0, 0.1) is 0 Å². The summed E-state index contributed by atoms with van der Waals surface area (Å²) in [6.45, 7) is 4.31. The van der Waals surface area contributed by atoms with E-state index in [1.807, 2.05) is 31.4 Å². The van der Waals surface area contributed by atoms with Crippen molar-refractivity contribution in [1.29, 1.82) is 0 Å². The van der Waals surface area contributed by atoms with E-state index < -0.39 is 6.10 Å². The molecule has 0 fully saturated rings. The average Bonchev–Trinajstić information content (AvgIpc) is 2.75. The molecule has 3 nitrogen and oxygen atoms in total. The summed E-state index contributed by atoms with van der Waals surface area (Å²) >= 11 is 0. The quantitative estimate of drug-likeness (QED) is 0.880. The van der Waals surface area contributed by atoms with Crippen molar-refractivity contribution in [2.45, 2.75) is 25.9 Å². The maximum absolute atomic E-state index is 10.2. The monoisotopic (exact) mass is 230 g/mol. The van der Waals surface area contributed by atoms with E-state index in [-0.39, 0.29) is 0 Å². The second kappa shape index (κ2) is 4.72. The molecule has 0 aliphatic carbocycles. The highest BCUT2D eigenvalue weighted by Crippen LogP contribution is 2.22. The van der Waals surface area contributed by atoms with Crippen LogP contribution in [0.25, 0.3) is 0 Å². The molecule has 1 N–H and O–H groups in total. The molecule has 0 saturated carbocycles. The van der Waals surface area contributed by atoms with Gasteiger partial charge in [-0.3, -0.25) is 4.68 Å². The van der Waals surface area contributed by atoms with Crippen LogP contribution in [0.15, 0.2) is 36.5 Å². The van der Waals surface area contributed by atoms with E-state index in [2.05, 4.69) is 31.1 Å². The molecule has 3 heteroatoms. The van der Waals surface area contributed by atoms with Crippen LogP contribution in [0.1, 0.15) is 42.7 Å². The van der Waals surface area contributed by atoms with Gasteiger partial charge < -0.3 is 5.11 Å². The van der Waals surface area contributed by atoms with Crippen LogP contribution < -0.4 is 0 Å². The highest BCUT2D eigenvalue weighted by atomic mass is 16.3. The largest absolute Gasteiger partial charge is 0.382 e. The zero-order valence-electron chi connectivity index (χ0n) is 10.5. The fourth-order valence-corrected chi connectivity index (χ4v) is 1.81. The SMILES string of the molecule is CC(C)c1ccc(C(O)c2ccn(C)n2)cc1. The molecule has 2 rings (SSSR count). The van der Waals surface area contributed by atoms with E-state index in [1.54, 1.807) is 4.68 Å². The molecule has 0 amide bonds. The van der Waals surface area contributed by atoms with E-state index in [0.717, 1.165) is 5.56 Å². The number of nitrogens with zero attached hydrogens (tertiary/aromatic N) is 2. The van der Waals surface area contributed by atoms with Crippen LogP contribution in [0.5, 0.6) is 0 Å².